The molecule has 0 fully saturated rings. The summed E-state index contributed by atoms with van der Waals surface area (Å²) in [4.78, 5) is 0.214. The SMILES string of the molecule is CSC(=NS(=O)(=O)c1ccc(C)cc1)c1ccccc1. The molecule has 0 aliphatic carbocycles. The Balaban J connectivity index is 2.43. The van der Waals surface area contributed by atoms with Crippen molar-refractivity contribution in [3.05, 3.63) is 65.7 Å². The molecular formula is C15H15NO2S2. The van der Waals surface area contributed by atoms with Gasteiger partial charge in [0.05, 0.1) is 4.90 Å². The largest absolute Gasteiger partial charge is 0.283 e. The third kappa shape index (κ3) is 3.49. The van der Waals surface area contributed by atoms with Crippen LogP contribution in [0.5, 0.6) is 0 Å². The third-order valence-electron chi connectivity index (χ3n) is 2.74. The molecular weight excluding hydrogens is 290 g/mol. The van der Waals surface area contributed by atoms with Crippen LogP contribution in [0, 0.1) is 6.92 Å². The highest BCUT2D eigenvalue weighted by molar-refractivity contribution is 8.14. The lowest BCUT2D eigenvalue weighted by atomic mass is 10.2. The Morgan fingerprint density at radius 1 is 1.00 bits per heavy atom. The van der Waals surface area contributed by atoms with E-state index in [0.717, 1.165) is 11.1 Å². The molecule has 0 atom stereocenters. The van der Waals surface area contributed by atoms with Gasteiger partial charge in [0.25, 0.3) is 10.0 Å². The van der Waals surface area contributed by atoms with E-state index in [1.165, 1.54) is 11.8 Å². The van der Waals surface area contributed by atoms with Gasteiger partial charge in [-0.15, -0.1) is 11.8 Å². The predicted molar refractivity (Wildman–Crippen MR) is 84.9 cm³/mol. The molecule has 0 aliphatic rings. The Hall–Kier alpha value is -1.59. The molecule has 0 spiro atoms. The minimum atomic E-state index is -3.67. The molecule has 2 rings (SSSR count). The number of thioether (sulfide) groups is 1. The van der Waals surface area contributed by atoms with E-state index in [9.17, 15) is 8.42 Å². The average Bonchev–Trinajstić information content (AvgIpc) is 2.46. The minimum Gasteiger partial charge on any atom is -0.199 e. The molecule has 2 aromatic rings. The van der Waals surface area contributed by atoms with E-state index >= 15 is 0 Å². The first kappa shape index (κ1) is 14.8. The smallest absolute Gasteiger partial charge is 0.199 e. The standard InChI is InChI=1S/C15H15NO2S2/c1-12-8-10-14(11-9-12)20(17,18)16-15(19-2)13-6-4-3-5-7-13/h3-11H,1-2H3. The average molecular weight is 305 g/mol. The fourth-order valence-electron chi connectivity index (χ4n) is 1.66. The molecule has 0 unspecified atom stereocenters. The second-order valence-electron chi connectivity index (χ2n) is 4.25. The molecule has 0 aliphatic heterocycles. The van der Waals surface area contributed by atoms with Crippen molar-refractivity contribution in [3.8, 4) is 0 Å². The maximum absolute atomic E-state index is 12.3. The lowest BCUT2D eigenvalue weighted by molar-refractivity contribution is 0.598. The Morgan fingerprint density at radius 2 is 1.60 bits per heavy atom. The highest BCUT2D eigenvalue weighted by atomic mass is 32.2. The van der Waals surface area contributed by atoms with Crippen molar-refractivity contribution >= 4 is 26.8 Å². The zero-order chi connectivity index (χ0) is 14.6. The van der Waals surface area contributed by atoms with Crippen LogP contribution in [0.1, 0.15) is 11.1 Å². The van der Waals surface area contributed by atoms with Gasteiger partial charge in [-0.3, -0.25) is 0 Å². The van der Waals surface area contributed by atoms with Crippen LogP contribution in [-0.2, 0) is 10.0 Å². The molecule has 0 radical (unpaired) electrons. The van der Waals surface area contributed by atoms with Gasteiger partial charge in [-0.05, 0) is 25.3 Å². The Labute approximate surface area is 123 Å². The Bertz CT molecular complexity index is 705. The Morgan fingerprint density at radius 3 is 2.15 bits per heavy atom. The van der Waals surface area contributed by atoms with Gasteiger partial charge < -0.3 is 0 Å². The number of nitrogens with zero attached hydrogens (tertiary/aromatic N) is 1. The third-order valence-corrected chi connectivity index (χ3v) is 4.86. The molecule has 20 heavy (non-hydrogen) atoms. The molecule has 0 heterocycles. The van der Waals surface area contributed by atoms with Crippen molar-refractivity contribution in [3.63, 3.8) is 0 Å². The van der Waals surface area contributed by atoms with Crippen LogP contribution >= 0.6 is 11.8 Å². The monoisotopic (exact) mass is 305 g/mol. The summed E-state index contributed by atoms with van der Waals surface area (Å²) in [6.07, 6.45) is 1.82. The van der Waals surface area contributed by atoms with Gasteiger partial charge in [0.15, 0.2) is 0 Å². The van der Waals surface area contributed by atoms with Crippen molar-refractivity contribution < 1.29 is 8.42 Å². The zero-order valence-corrected chi connectivity index (χ0v) is 12.9. The van der Waals surface area contributed by atoms with Crippen molar-refractivity contribution in [1.29, 1.82) is 0 Å². The Kier molecular flexibility index (Phi) is 4.62. The van der Waals surface area contributed by atoms with Crippen LogP contribution in [0.2, 0.25) is 0 Å². The van der Waals surface area contributed by atoms with E-state index in [1.54, 1.807) is 24.3 Å². The topological polar surface area (TPSA) is 46.5 Å². The highest BCUT2D eigenvalue weighted by Gasteiger charge is 2.14. The molecule has 104 valence electrons. The molecule has 0 saturated heterocycles. The number of hydrogen-bond acceptors (Lipinski definition) is 3. The van der Waals surface area contributed by atoms with E-state index in [1.807, 2.05) is 43.5 Å². The van der Waals surface area contributed by atoms with Gasteiger partial charge >= 0.3 is 0 Å². The van der Waals surface area contributed by atoms with E-state index in [4.69, 9.17) is 0 Å². The molecule has 5 heteroatoms. The molecule has 0 saturated carbocycles. The molecule has 0 aromatic heterocycles. The number of sulfonamides is 1. The second-order valence-corrected chi connectivity index (χ2v) is 6.65. The fourth-order valence-corrected chi connectivity index (χ4v) is 3.53. The normalized spacial score (nSPS) is 12.4. The van der Waals surface area contributed by atoms with E-state index < -0.39 is 10.0 Å². The first-order valence-electron chi connectivity index (χ1n) is 6.04. The second kappa shape index (κ2) is 6.24. The summed E-state index contributed by atoms with van der Waals surface area (Å²) in [6.45, 7) is 1.91. The summed E-state index contributed by atoms with van der Waals surface area (Å²) in [5.41, 5.74) is 1.82. The number of benzene rings is 2. The summed E-state index contributed by atoms with van der Waals surface area (Å²) in [5, 5.41) is 0.492. The number of rotatable bonds is 3. The molecule has 3 nitrogen and oxygen atoms in total. The van der Waals surface area contributed by atoms with Crippen molar-refractivity contribution in [2.24, 2.45) is 4.40 Å². The van der Waals surface area contributed by atoms with Gasteiger partial charge in [0.1, 0.15) is 5.04 Å². The van der Waals surface area contributed by atoms with Gasteiger partial charge in [0.2, 0.25) is 0 Å². The first-order chi connectivity index (χ1) is 9.53. The minimum absolute atomic E-state index is 0.214. The summed E-state index contributed by atoms with van der Waals surface area (Å²) in [7, 11) is -3.67. The van der Waals surface area contributed by atoms with Crippen LogP contribution in [0.3, 0.4) is 0 Å². The van der Waals surface area contributed by atoms with Gasteiger partial charge in [-0.2, -0.15) is 12.8 Å². The lowest BCUT2D eigenvalue weighted by Gasteiger charge is -2.04. The number of hydrogen-bond donors (Lipinski definition) is 0. The maximum atomic E-state index is 12.3. The van der Waals surface area contributed by atoms with Crippen LogP contribution < -0.4 is 0 Å². The summed E-state index contributed by atoms with van der Waals surface area (Å²) < 4.78 is 28.5. The summed E-state index contributed by atoms with van der Waals surface area (Å²) in [6, 6.07) is 16.0. The lowest BCUT2D eigenvalue weighted by Crippen LogP contribution is -2.03. The van der Waals surface area contributed by atoms with Gasteiger partial charge in [-0.1, -0.05) is 48.0 Å². The molecule has 2 aromatic carbocycles. The first-order valence-corrected chi connectivity index (χ1v) is 8.70. The van der Waals surface area contributed by atoms with Crippen LogP contribution in [0.15, 0.2) is 63.9 Å². The van der Waals surface area contributed by atoms with E-state index in [0.29, 0.717) is 5.04 Å². The predicted octanol–water partition coefficient (Wildman–Crippen LogP) is 3.49. The van der Waals surface area contributed by atoms with Crippen molar-refractivity contribution in [1.82, 2.24) is 0 Å². The maximum Gasteiger partial charge on any atom is 0.283 e. The summed E-state index contributed by atoms with van der Waals surface area (Å²) >= 11 is 1.32. The van der Waals surface area contributed by atoms with Crippen LogP contribution in [-0.4, -0.2) is 19.7 Å². The zero-order valence-electron chi connectivity index (χ0n) is 11.3. The van der Waals surface area contributed by atoms with E-state index in [-0.39, 0.29) is 4.90 Å². The van der Waals surface area contributed by atoms with Crippen LogP contribution in [0.4, 0.5) is 0 Å². The van der Waals surface area contributed by atoms with Gasteiger partial charge in [-0.25, -0.2) is 0 Å². The molecule has 0 amide bonds. The van der Waals surface area contributed by atoms with Crippen molar-refractivity contribution in [2.45, 2.75) is 11.8 Å². The quantitative estimate of drug-likeness (QED) is 0.644. The highest BCUT2D eigenvalue weighted by Crippen LogP contribution is 2.18. The summed E-state index contributed by atoms with van der Waals surface area (Å²) in [5.74, 6) is 0. The van der Waals surface area contributed by atoms with Gasteiger partial charge in [0, 0.05) is 5.56 Å². The van der Waals surface area contributed by atoms with Crippen LogP contribution in [0.25, 0.3) is 0 Å². The molecule has 0 bridgehead atoms. The fraction of sp³-hybridized carbons (Fsp3) is 0.133. The molecule has 0 N–H and O–H groups in total. The van der Waals surface area contributed by atoms with E-state index in [2.05, 4.69) is 4.40 Å². The van der Waals surface area contributed by atoms with Crippen molar-refractivity contribution in [2.75, 3.05) is 6.26 Å². The number of aryl methyl sites for hydroxylation is 1.